The SMILES string of the molecule is CN1c2ccccc2C(=O)NC1C=Cc1cn(Cc2ccccc2)nn1. The first-order valence-electron chi connectivity index (χ1n) is 8.46. The molecule has 1 aliphatic heterocycles. The predicted molar refractivity (Wildman–Crippen MR) is 101 cm³/mol. The van der Waals surface area contributed by atoms with E-state index in [-0.39, 0.29) is 12.1 Å². The Morgan fingerprint density at radius 1 is 1.12 bits per heavy atom. The summed E-state index contributed by atoms with van der Waals surface area (Å²) in [4.78, 5) is 14.3. The van der Waals surface area contributed by atoms with Crippen LogP contribution >= 0.6 is 0 Å². The van der Waals surface area contributed by atoms with E-state index in [0.29, 0.717) is 12.1 Å². The van der Waals surface area contributed by atoms with Crippen molar-refractivity contribution in [1.82, 2.24) is 20.3 Å². The monoisotopic (exact) mass is 345 g/mol. The Balaban J connectivity index is 1.48. The van der Waals surface area contributed by atoms with Crippen LogP contribution < -0.4 is 10.2 Å². The smallest absolute Gasteiger partial charge is 0.255 e. The number of para-hydroxylation sites is 1. The summed E-state index contributed by atoms with van der Waals surface area (Å²) in [6.07, 6.45) is 5.47. The number of carbonyl (C=O) groups is 1. The second-order valence-corrected chi connectivity index (χ2v) is 6.23. The van der Waals surface area contributed by atoms with Gasteiger partial charge in [0.15, 0.2) is 0 Å². The maximum absolute atomic E-state index is 12.3. The van der Waals surface area contributed by atoms with Crippen LogP contribution in [0.15, 0.2) is 66.9 Å². The zero-order valence-electron chi connectivity index (χ0n) is 14.4. The summed E-state index contributed by atoms with van der Waals surface area (Å²) in [5.41, 5.74) is 3.53. The number of nitrogens with one attached hydrogen (secondary N) is 1. The quantitative estimate of drug-likeness (QED) is 0.789. The van der Waals surface area contributed by atoms with Crippen molar-refractivity contribution in [2.75, 3.05) is 11.9 Å². The largest absolute Gasteiger partial charge is 0.350 e. The van der Waals surface area contributed by atoms with E-state index in [1.165, 1.54) is 5.56 Å². The topological polar surface area (TPSA) is 63.1 Å². The van der Waals surface area contributed by atoms with E-state index in [9.17, 15) is 4.79 Å². The summed E-state index contributed by atoms with van der Waals surface area (Å²) in [6.45, 7) is 0.676. The number of benzene rings is 2. The highest BCUT2D eigenvalue weighted by atomic mass is 16.2. The highest BCUT2D eigenvalue weighted by Gasteiger charge is 2.26. The van der Waals surface area contributed by atoms with Gasteiger partial charge in [-0.25, -0.2) is 4.68 Å². The molecule has 2 heterocycles. The molecular weight excluding hydrogens is 326 g/mol. The number of fused-ring (bicyclic) bond motifs is 1. The van der Waals surface area contributed by atoms with E-state index in [1.54, 1.807) is 4.68 Å². The molecule has 0 saturated carbocycles. The van der Waals surface area contributed by atoms with E-state index < -0.39 is 0 Å². The van der Waals surface area contributed by atoms with Crippen LogP contribution in [0.3, 0.4) is 0 Å². The third-order valence-electron chi connectivity index (χ3n) is 4.42. The second kappa shape index (κ2) is 6.84. The van der Waals surface area contributed by atoms with Gasteiger partial charge in [0.2, 0.25) is 0 Å². The van der Waals surface area contributed by atoms with Gasteiger partial charge < -0.3 is 10.2 Å². The van der Waals surface area contributed by atoms with Crippen molar-refractivity contribution in [2.24, 2.45) is 0 Å². The number of anilines is 1. The first-order valence-corrected chi connectivity index (χ1v) is 8.46. The summed E-state index contributed by atoms with van der Waals surface area (Å²) >= 11 is 0. The van der Waals surface area contributed by atoms with Crippen LogP contribution in [-0.2, 0) is 6.54 Å². The molecule has 1 aromatic heterocycles. The van der Waals surface area contributed by atoms with Gasteiger partial charge in [0.05, 0.1) is 24.0 Å². The van der Waals surface area contributed by atoms with Crippen LogP contribution in [-0.4, -0.2) is 34.1 Å². The molecule has 1 unspecified atom stereocenters. The lowest BCUT2D eigenvalue weighted by atomic mass is 10.1. The van der Waals surface area contributed by atoms with Gasteiger partial charge in [0.25, 0.3) is 5.91 Å². The van der Waals surface area contributed by atoms with Gasteiger partial charge in [0, 0.05) is 7.05 Å². The average Bonchev–Trinajstić information content (AvgIpc) is 3.12. The predicted octanol–water partition coefficient (Wildman–Crippen LogP) is 2.55. The number of hydrogen-bond donors (Lipinski definition) is 1. The molecule has 1 atom stereocenters. The van der Waals surface area contributed by atoms with Crippen molar-refractivity contribution < 1.29 is 4.79 Å². The number of likely N-dealkylation sites (N-methyl/N-ethyl adjacent to an activating group) is 1. The zero-order chi connectivity index (χ0) is 17.9. The van der Waals surface area contributed by atoms with Crippen molar-refractivity contribution in [3.05, 3.63) is 83.7 Å². The molecule has 2 aromatic carbocycles. The minimum Gasteiger partial charge on any atom is -0.350 e. The molecule has 1 aliphatic rings. The van der Waals surface area contributed by atoms with Crippen molar-refractivity contribution in [3.63, 3.8) is 0 Å². The highest BCUT2D eigenvalue weighted by molar-refractivity contribution is 6.02. The lowest BCUT2D eigenvalue weighted by Gasteiger charge is -2.34. The third kappa shape index (κ3) is 3.21. The van der Waals surface area contributed by atoms with Gasteiger partial charge in [-0.05, 0) is 29.8 Å². The van der Waals surface area contributed by atoms with Gasteiger partial charge in [0.1, 0.15) is 11.9 Å². The molecule has 130 valence electrons. The number of aromatic nitrogens is 3. The van der Waals surface area contributed by atoms with E-state index in [1.807, 2.05) is 72.8 Å². The Hall–Kier alpha value is -3.41. The number of rotatable bonds is 4. The van der Waals surface area contributed by atoms with Gasteiger partial charge in [-0.2, -0.15) is 0 Å². The first kappa shape index (κ1) is 16.1. The maximum atomic E-state index is 12.3. The number of nitrogens with zero attached hydrogens (tertiary/aromatic N) is 4. The van der Waals surface area contributed by atoms with Crippen molar-refractivity contribution in [1.29, 1.82) is 0 Å². The van der Waals surface area contributed by atoms with Gasteiger partial charge in [-0.15, -0.1) is 5.10 Å². The lowest BCUT2D eigenvalue weighted by molar-refractivity contribution is 0.0937. The van der Waals surface area contributed by atoms with E-state index in [0.717, 1.165) is 11.4 Å². The van der Waals surface area contributed by atoms with Crippen molar-refractivity contribution in [2.45, 2.75) is 12.7 Å². The molecule has 0 bridgehead atoms. The van der Waals surface area contributed by atoms with Gasteiger partial charge in [-0.1, -0.05) is 47.7 Å². The van der Waals surface area contributed by atoms with Crippen molar-refractivity contribution in [3.8, 4) is 0 Å². The molecule has 1 amide bonds. The van der Waals surface area contributed by atoms with Crippen LogP contribution in [0.2, 0.25) is 0 Å². The standard InChI is InChI=1S/C20H19N5O/c1-24-18-10-6-5-9-17(18)20(26)21-19(24)12-11-16-14-25(23-22-16)13-15-7-3-2-4-8-15/h2-12,14,19H,13H2,1H3,(H,21,26). The normalized spacial score (nSPS) is 16.6. The molecule has 6 heteroatoms. The van der Waals surface area contributed by atoms with Crippen LogP contribution in [0.25, 0.3) is 6.08 Å². The van der Waals surface area contributed by atoms with Gasteiger partial charge in [-0.3, -0.25) is 4.79 Å². The Morgan fingerprint density at radius 3 is 2.73 bits per heavy atom. The summed E-state index contributed by atoms with van der Waals surface area (Å²) in [7, 11) is 1.96. The zero-order valence-corrected chi connectivity index (χ0v) is 14.4. The highest BCUT2D eigenvalue weighted by Crippen LogP contribution is 2.25. The fourth-order valence-electron chi connectivity index (χ4n) is 3.04. The fraction of sp³-hybridized carbons (Fsp3) is 0.150. The minimum atomic E-state index is -0.225. The average molecular weight is 345 g/mol. The van der Waals surface area contributed by atoms with Crippen LogP contribution in [0, 0.1) is 0 Å². The Kier molecular flexibility index (Phi) is 4.23. The number of hydrogen-bond acceptors (Lipinski definition) is 4. The number of amides is 1. The third-order valence-corrected chi connectivity index (χ3v) is 4.42. The van der Waals surface area contributed by atoms with Crippen LogP contribution in [0.4, 0.5) is 5.69 Å². The maximum Gasteiger partial charge on any atom is 0.255 e. The molecule has 0 spiro atoms. The molecule has 0 saturated heterocycles. The lowest BCUT2D eigenvalue weighted by Crippen LogP contribution is -2.49. The molecule has 0 aliphatic carbocycles. The first-order chi connectivity index (χ1) is 12.7. The van der Waals surface area contributed by atoms with E-state index in [4.69, 9.17) is 0 Å². The second-order valence-electron chi connectivity index (χ2n) is 6.23. The minimum absolute atomic E-state index is 0.0684. The van der Waals surface area contributed by atoms with Crippen molar-refractivity contribution >= 4 is 17.7 Å². The Labute approximate surface area is 151 Å². The van der Waals surface area contributed by atoms with Gasteiger partial charge >= 0.3 is 0 Å². The molecule has 0 fully saturated rings. The summed E-state index contributed by atoms with van der Waals surface area (Å²) in [5, 5.41) is 11.3. The van der Waals surface area contributed by atoms with Crippen LogP contribution in [0.5, 0.6) is 0 Å². The molecular formula is C20H19N5O. The molecule has 26 heavy (non-hydrogen) atoms. The molecule has 4 rings (SSSR count). The van der Waals surface area contributed by atoms with E-state index >= 15 is 0 Å². The molecule has 3 aromatic rings. The van der Waals surface area contributed by atoms with Crippen LogP contribution in [0.1, 0.15) is 21.6 Å². The summed E-state index contributed by atoms with van der Waals surface area (Å²) in [5.74, 6) is -0.0684. The Bertz CT molecular complexity index is 948. The summed E-state index contributed by atoms with van der Waals surface area (Å²) < 4.78 is 1.80. The molecule has 6 nitrogen and oxygen atoms in total. The molecule has 1 N–H and O–H groups in total. The number of carbonyl (C=O) groups excluding carboxylic acids is 1. The van der Waals surface area contributed by atoms with E-state index in [2.05, 4.69) is 27.8 Å². The molecule has 0 radical (unpaired) electrons. The fourth-order valence-corrected chi connectivity index (χ4v) is 3.04. The Morgan fingerprint density at radius 2 is 1.88 bits per heavy atom. The summed E-state index contributed by atoms with van der Waals surface area (Å²) in [6, 6.07) is 17.7.